The van der Waals surface area contributed by atoms with Crippen molar-refractivity contribution in [1.82, 2.24) is 10.2 Å². The van der Waals surface area contributed by atoms with Crippen molar-refractivity contribution < 1.29 is 14.7 Å². The van der Waals surface area contributed by atoms with Crippen LogP contribution in [0.15, 0.2) is 0 Å². The Bertz CT molecular complexity index is 299. The summed E-state index contributed by atoms with van der Waals surface area (Å²) in [6.07, 6.45) is 5.20. The summed E-state index contributed by atoms with van der Waals surface area (Å²) >= 11 is 0. The quantitative estimate of drug-likeness (QED) is 0.791. The molecule has 1 rings (SSSR count). The Morgan fingerprint density at radius 3 is 2.39 bits per heavy atom. The second-order valence-corrected chi connectivity index (χ2v) is 5.23. The van der Waals surface area contributed by atoms with E-state index < -0.39 is 11.4 Å². The summed E-state index contributed by atoms with van der Waals surface area (Å²) in [5.74, 6) is -0.777. The zero-order chi connectivity index (χ0) is 13.6. The summed E-state index contributed by atoms with van der Waals surface area (Å²) < 4.78 is 0. The fraction of sp³-hybridized carbons (Fsp3) is 0.846. The van der Waals surface area contributed by atoms with Gasteiger partial charge < -0.3 is 15.3 Å². The first kappa shape index (κ1) is 14.8. The fourth-order valence-electron chi connectivity index (χ4n) is 2.51. The van der Waals surface area contributed by atoms with Gasteiger partial charge in [0.2, 0.25) is 0 Å². The molecule has 104 valence electrons. The largest absolute Gasteiger partial charge is 0.481 e. The lowest BCUT2D eigenvalue weighted by Crippen LogP contribution is -2.47. The van der Waals surface area contributed by atoms with E-state index >= 15 is 0 Å². The van der Waals surface area contributed by atoms with Gasteiger partial charge in [0, 0.05) is 20.1 Å². The normalized spacial score (nSPS) is 18.1. The molecule has 1 saturated carbocycles. The van der Waals surface area contributed by atoms with E-state index in [1.165, 1.54) is 0 Å². The van der Waals surface area contributed by atoms with Crippen molar-refractivity contribution in [2.24, 2.45) is 5.41 Å². The zero-order valence-corrected chi connectivity index (χ0v) is 11.4. The number of nitrogens with one attached hydrogen (secondary N) is 1. The molecule has 2 N–H and O–H groups in total. The van der Waals surface area contributed by atoms with Crippen LogP contribution in [0, 0.1) is 5.41 Å². The van der Waals surface area contributed by atoms with Crippen LogP contribution in [-0.4, -0.2) is 42.1 Å². The lowest BCUT2D eigenvalue weighted by molar-refractivity contribution is -0.150. The average Bonchev–Trinajstić information content (AvgIpc) is 2.37. The second kappa shape index (κ2) is 6.61. The predicted octanol–water partition coefficient (Wildman–Crippen LogP) is 2.07. The molecule has 0 aromatic carbocycles. The number of aliphatic carboxylic acids is 1. The monoisotopic (exact) mass is 256 g/mol. The fourth-order valence-corrected chi connectivity index (χ4v) is 2.51. The van der Waals surface area contributed by atoms with Gasteiger partial charge in [0.25, 0.3) is 0 Å². The molecular formula is C13H24N2O3. The minimum atomic E-state index is -0.777. The van der Waals surface area contributed by atoms with Gasteiger partial charge in [0.1, 0.15) is 0 Å². The van der Waals surface area contributed by atoms with Gasteiger partial charge in [-0.2, -0.15) is 0 Å². The molecule has 5 nitrogen and oxygen atoms in total. The van der Waals surface area contributed by atoms with Crippen LogP contribution in [0.4, 0.5) is 4.79 Å². The van der Waals surface area contributed by atoms with Crippen LogP contribution in [0.5, 0.6) is 0 Å². The maximum atomic E-state index is 11.8. The van der Waals surface area contributed by atoms with Gasteiger partial charge in [0.05, 0.1) is 5.41 Å². The highest BCUT2D eigenvalue weighted by molar-refractivity contribution is 5.78. The zero-order valence-electron chi connectivity index (χ0n) is 11.4. The number of rotatable bonds is 5. The highest BCUT2D eigenvalue weighted by Gasteiger charge is 2.39. The summed E-state index contributed by atoms with van der Waals surface area (Å²) in [6.45, 7) is 2.94. The number of carboxylic acids is 1. The molecule has 0 heterocycles. The van der Waals surface area contributed by atoms with E-state index in [4.69, 9.17) is 0 Å². The Morgan fingerprint density at radius 2 is 1.89 bits per heavy atom. The molecular weight excluding hydrogens is 232 g/mol. The number of hydrogen-bond acceptors (Lipinski definition) is 2. The molecule has 1 aliphatic rings. The third-order valence-electron chi connectivity index (χ3n) is 3.75. The molecule has 0 aromatic heterocycles. The lowest BCUT2D eigenvalue weighted by atomic mass is 9.74. The van der Waals surface area contributed by atoms with Gasteiger partial charge in [0.15, 0.2) is 0 Å². The molecule has 0 atom stereocenters. The van der Waals surface area contributed by atoms with Crippen LogP contribution in [0.2, 0.25) is 0 Å². The first-order valence-electron chi connectivity index (χ1n) is 6.74. The van der Waals surface area contributed by atoms with Gasteiger partial charge in [-0.05, 0) is 19.3 Å². The number of urea groups is 1. The number of carboxylic acid groups (broad SMARTS) is 1. The van der Waals surface area contributed by atoms with E-state index in [1.807, 2.05) is 6.92 Å². The van der Waals surface area contributed by atoms with E-state index in [2.05, 4.69) is 5.32 Å². The summed E-state index contributed by atoms with van der Waals surface area (Å²) in [5.41, 5.74) is -0.749. The Kier molecular flexibility index (Phi) is 5.44. The number of nitrogens with zero attached hydrogens (tertiary/aromatic N) is 1. The molecule has 0 saturated heterocycles. The van der Waals surface area contributed by atoms with Crippen molar-refractivity contribution in [1.29, 1.82) is 0 Å². The Labute approximate surface area is 109 Å². The molecule has 5 heteroatoms. The van der Waals surface area contributed by atoms with Gasteiger partial charge in [-0.1, -0.05) is 26.2 Å². The molecule has 0 aliphatic heterocycles. The highest BCUT2D eigenvalue weighted by atomic mass is 16.4. The van der Waals surface area contributed by atoms with E-state index in [0.717, 1.165) is 25.7 Å². The van der Waals surface area contributed by atoms with Gasteiger partial charge in [-0.15, -0.1) is 0 Å². The highest BCUT2D eigenvalue weighted by Crippen LogP contribution is 2.35. The van der Waals surface area contributed by atoms with E-state index in [1.54, 1.807) is 11.9 Å². The summed E-state index contributed by atoms with van der Waals surface area (Å²) in [5, 5.41) is 12.1. The second-order valence-electron chi connectivity index (χ2n) is 5.23. The summed E-state index contributed by atoms with van der Waals surface area (Å²) in [4.78, 5) is 24.8. The minimum Gasteiger partial charge on any atom is -0.481 e. The standard InChI is InChI=1S/C13H24N2O3/c1-3-9-15(2)12(18)14-10-13(11(16)17)7-5-4-6-8-13/h3-10H2,1-2H3,(H,14,18)(H,16,17). The van der Waals surface area contributed by atoms with Crippen molar-refractivity contribution >= 4 is 12.0 Å². The molecule has 0 unspecified atom stereocenters. The number of amides is 2. The van der Waals surface area contributed by atoms with E-state index in [0.29, 0.717) is 19.4 Å². The predicted molar refractivity (Wildman–Crippen MR) is 69.5 cm³/mol. The molecule has 1 aliphatic carbocycles. The first-order valence-corrected chi connectivity index (χ1v) is 6.74. The van der Waals surface area contributed by atoms with Crippen molar-refractivity contribution in [3.05, 3.63) is 0 Å². The van der Waals surface area contributed by atoms with Crippen LogP contribution in [0.1, 0.15) is 45.4 Å². The average molecular weight is 256 g/mol. The molecule has 0 bridgehead atoms. The molecule has 0 aromatic rings. The molecule has 18 heavy (non-hydrogen) atoms. The van der Waals surface area contributed by atoms with E-state index in [9.17, 15) is 14.7 Å². The van der Waals surface area contributed by atoms with Gasteiger partial charge in [-0.3, -0.25) is 4.79 Å². The minimum absolute atomic E-state index is 0.178. The van der Waals surface area contributed by atoms with Crippen molar-refractivity contribution in [2.45, 2.75) is 45.4 Å². The third-order valence-corrected chi connectivity index (χ3v) is 3.75. The maximum Gasteiger partial charge on any atom is 0.317 e. The third kappa shape index (κ3) is 3.62. The SMILES string of the molecule is CCCN(C)C(=O)NCC1(C(=O)O)CCCCC1. The van der Waals surface area contributed by atoms with Crippen LogP contribution in [-0.2, 0) is 4.79 Å². The smallest absolute Gasteiger partial charge is 0.317 e. The molecule has 0 radical (unpaired) electrons. The van der Waals surface area contributed by atoms with Crippen LogP contribution < -0.4 is 5.32 Å². The van der Waals surface area contributed by atoms with Crippen LogP contribution in [0.3, 0.4) is 0 Å². The first-order chi connectivity index (χ1) is 8.52. The number of carbonyl (C=O) groups is 2. The molecule has 0 spiro atoms. The molecule has 2 amide bonds. The van der Waals surface area contributed by atoms with Gasteiger partial charge >= 0.3 is 12.0 Å². The Balaban J connectivity index is 2.52. The topological polar surface area (TPSA) is 69.6 Å². The van der Waals surface area contributed by atoms with E-state index in [-0.39, 0.29) is 12.6 Å². The van der Waals surface area contributed by atoms with Crippen LogP contribution >= 0.6 is 0 Å². The number of carbonyl (C=O) groups excluding carboxylic acids is 1. The van der Waals surface area contributed by atoms with Crippen molar-refractivity contribution in [2.75, 3.05) is 20.1 Å². The van der Waals surface area contributed by atoms with Crippen molar-refractivity contribution in [3.8, 4) is 0 Å². The lowest BCUT2D eigenvalue weighted by Gasteiger charge is -2.33. The Hall–Kier alpha value is -1.26. The maximum absolute atomic E-state index is 11.8. The van der Waals surface area contributed by atoms with Gasteiger partial charge in [-0.25, -0.2) is 4.79 Å². The van der Waals surface area contributed by atoms with Crippen LogP contribution in [0.25, 0.3) is 0 Å². The van der Waals surface area contributed by atoms with Crippen molar-refractivity contribution in [3.63, 3.8) is 0 Å². The summed E-state index contributed by atoms with van der Waals surface area (Å²) in [7, 11) is 1.73. The number of hydrogen-bond donors (Lipinski definition) is 2. The Morgan fingerprint density at radius 1 is 1.28 bits per heavy atom. The molecule has 1 fully saturated rings. The summed E-state index contributed by atoms with van der Waals surface area (Å²) in [6, 6.07) is -0.178.